The van der Waals surface area contributed by atoms with Crippen molar-refractivity contribution < 1.29 is 28.6 Å². The molecule has 0 spiro atoms. The Kier molecular flexibility index (Phi) is 21.6. The Bertz CT molecular complexity index is 1320. The maximum Gasteiger partial charge on any atom is 0.306 e. The number of hydrogen-bond donors (Lipinski definition) is 0. The fraction of sp³-hybridized carbons (Fsp3) is 0.868. The van der Waals surface area contributed by atoms with E-state index in [1.54, 1.807) is 0 Å². The summed E-state index contributed by atoms with van der Waals surface area (Å²) in [6.07, 6.45) is 37.1. The number of carbonyl (C=O) groups is 3. The third-order valence-electron chi connectivity index (χ3n) is 15.9. The zero-order chi connectivity index (χ0) is 42.7. The summed E-state index contributed by atoms with van der Waals surface area (Å²) in [7, 11) is 0. The highest BCUT2D eigenvalue weighted by atomic mass is 16.6. The molecule has 3 saturated carbocycles. The molecule has 0 N–H and O–H groups in total. The number of esters is 3. The van der Waals surface area contributed by atoms with Crippen LogP contribution in [0.3, 0.4) is 0 Å². The molecule has 0 aliphatic heterocycles. The fourth-order valence-electron chi connectivity index (χ4n) is 12.3. The van der Waals surface area contributed by atoms with Crippen molar-refractivity contribution in [3.05, 3.63) is 23.8 Å². The second-order valence-electron chi connectivity index (χ2n) is 20.7. The second-order valence-corrected chi connectivity index (χ2v) is 20.7. The zero-order valence-electron chi connectivity index (χ0n) is 39.3. The first kappa shape index (κ1) is 49.5. The molecule has 59 heavy (non-hydrogen) atoms. The minimum Gasteiger partial charge on any atom is -0.462 e. The lowest BCUT2D eigenvalue weighted by atomic mass is 9.47. The molecular weight excluding hydrogens is 733 g/mol. The normalized spacial score (nSPS) is 28.7. The lowest BCUT2D eigenvalue weighted by molar-refractivity contribution is -0.161. The molecule has 0 aromatic rings. The number of rotatable bonds is 28. The topological polar surface area (TPSA) is 78.9 Å². The maximum absolute atomic E-state index is 12.9. The summed E-state index contributed by atoms with van der Waals surface area (Å²) in [5.41, 5.74) is 2.21. The van der Waals surface area contributed by atoms with Crippen LogP contribution in [0.25, 0.3) is 0 Å². The Morgan fingerprint density at radius 1 is 0.729 bits per heavy atom. The van der Waals surface area contributed by atoms with Crippen molar-refractivity contribution >= 4 is 17.9 Å². The van der Waals surface area contributed by atoms with Gasteiger partial charge in [0.05, 0.1) is 12.8 Å². The molecule has 6 heteroatoms. The first-order valence-electron chi connectivity index (χ1n) is 25.3. The largest absolute Gasteiger partial charge is 0.462 e. The van der Waals surface area contributed by atoms with Gasteiger partial charge in [0.25, 0.3) is 0 Å². The third kappa shape index (κ3) is 15.3. The molecule has 0 bridgehead atoms. The van der Waals surface area contributed by atoms with Gasteiger partial charge in [0.1, 0.15) is 18.8 Å². The van der Waals surface area contributed by atoms with Crippen molar-refractivity contribution in [3.8, 4) is 0 Å². The van der Waals surface area contributed by atoms with Crippen LogP contribution in [0, 0.1) is 46.3 Å². The molecule has 1 unspecified atom stereocenters. The van der Waals surface area contributed by atoms with Crippen LogP contribution >= 0.6 is 0 Å². The highest BCUT2D eigenvalue weighted by Crippen LogP contribution is 2.67. The van der Waals surface area contributed by atoms with Gasteiger partial charge < -0.3 is 14.2 Å². The van der Waals surface area contributed by atoms with E-state index in [0.29, 0.717) is 18.3 Å². The Morgan fingerprint density at radius 2 is 1.41 bits per heavy atom. The molecule has 0 radical (unpaired) electrons. The first-order chi connectivity index (χ1) is 28.4. The van der Waals surface area contributed by atoms with Crippen LogP contribution in [-0.2, 0) is 28.6 Å². The summed E-state index contributed by atoms with van der Waals surface area (Å²) in [6, 6.07) is 0. The van der Waals surface area contributed by atoms with Crippen molar-refractivity contribution in [2.24, 2.45) is 46.3 Å². The SMILES string of the molecule is CCCCCCCC/C=C\CCCCCCCC(=O)OC(CC)COC(=O)CCC(=O)O[C@H]1CC[C@@]2(C)C(=CC[C@H]3[C@@H]4CC[C@H]([C@H](C)CCCC(C)C)[C@@]4(C)CC[C@@H]32)C1. The molecule has 0 aromatic heterocycles. The monoisotopic (exact) mass is 823 g/mol. The van der Waals surface area contributed by atoms with Gasteiger partial charge in [-0.1, -0.05) is 143 Å². The standard InChI is InChI=1S/C53H90O6/c1-8-10-11-12-13-14-15-16-17-18-19-20-21-22-23-27-50(55)58-43(9-2)39-57-49(54)32-33-51(56)59-44-34-36-52(6)42(38-44)28-29-45-47-31-30-46(41(5)26-24-25-40(3)4)53(47,7)37-35-48(45)52/h16-17,28,40-41,43-48H,8-15,18-27,29-39H2,1-7H3/b17-16-/t41-,43?,44+,45+,46-,47+,48+,52+,53-/m1/s1. The van der Waals surface area contributed by atoms with Crippen LogP contribution in [-0.4, -0.2) is 36.7 Å². The number of allylic oxidation sites excluding steroid dienone is 3. The predicted molar refractivity (Wildman–Crippen MR) is 243 cm³/mol. The number of hydrogen-bond acceptors (Lipinski definition) is 6. The molecule has 6 nitrogen and oxygen atoms in total. The van der Waals surface area contributed by atoms with Gasteiger partial charge in [-0.3, -0.25) is 14.4 Å². The van der Waals surface area contributed by atoms with E-state index in [-0.39, 0.29) is 42.9 Å². The third-order valence-corrected chi connectivity index (χ3v) is 15.9. The van der Waals surface area contributed by atoms with Crippen molar-refractivity contribution in [2.45, 2.75) is 240 Å². The van der Waals surface area contributed by atoms with Crippen molar-refractivity contribution in [1.82, 2.24) is 0 Å². The van der Waals surface area contributed by atoms with Gasteiger partial charge in [0, 0.05) is 12.8 Å². The lowest BCUT2D eigenvalue weighted by Gasteiger charge is -2.58. The fourth-order valence-corrected chi connectivity index (χ4v) is 12.3. The first-order valence-corrected chi connectivity index (χ1v) is 25.3. The minimum atomic E-state index is -0.461. The van der Waals surface area contributed by atoms with Crippen LogP contribution in [0.1, 0.15) is 228 Å². The average Bonchev–Trinajstić information content (AvgIpc) is 3.57. The van der Waals surface area contributed by atoms with Crippen molar-refractivity contribution in [1.29, 1.82) is 0 Å². The molecule has 0 heterocycles. The van der Waals surface area contributed by atoms with E-state index in [1.807, 2.05) is 6.92 Å². The molecular formula is C53H90O6. The van der Waals surface area contributed by atoms with E-state index in [1.165, 1.54) is 115 Å². The van der Waals surface area contributed by atoms with E-state index in [4.69, 9.17) is 14.2 Å². The van der Waals surface area contributed by atoms with Crippen LogP contribution in [0.15, 0.2) is 23.8 Å². The van der Waals surface area contributed by atoms with Gasteiger partial charge in [-0.2, -0.15) is 0 Å². The maximum atomic E-state index is 12.9. The Morgan fingerprint density at radius 3 is 2.10 bits per heavy atom. The summed E-state index contributed by atoms with van der Waals surface area (Å²) in [5.74, 6) is 3.86. The van der Waals surface area contributed by atoms with Gasteiger partial charge in [-0.15, -0.1) is 0 Å². The smallest absolute Gasteiger partial charge is 0.306 e. The van der Waals surface area contributed by atoms with Crippen LogP contribution in [0.4, 0.5) is 0 Å². The molecule has 338 valence electrons. The molecule has 4 aliphatic rings. The summed E-state index contributed by atoms with van der Waals surface area (Å²) < 4.78 is 17.0. The highest BCUT2D eigenvalue weighted by molar-refractivity contribution is 5.77. The molecule has 0 aromatic carbocycles. The summed E-state index contributed by atoms with van der Waals surface area (Å²) in [6.45, 7) is 16.7. The predicted octanol–water partition coefficient (Wildman–Crippen LogP) is 14.6. The van der Waals surface area contributed by atoms with E-state index in [2.05, 4.69) is 59.8 Å². The van der Waals surface area contributed by atoms with Gasteiger partial charge in [-0.25, -0.2) is 0 Å². The van der Waals surface area contributed by atoms with Gasteiger partial charge in [0.2, 0.25) is 0 Å². The highest BCUT2D eigenvalue weighted by Gasteiger charge is 2.59. The van der Waals surface area contributed by atoms with Gasteiger partial charge in [-0.05, 0) is 130 Å². The number of carbonyl (C=O) groups excluding carboxylic acids is 3. The minimum absolute atomic E-state index is 0.0136. The second kappa shape index (κ2) is 25.7. The number of unbranched alkanes of at least 4 members (excludes halogenated alkanes) is 11. The Balaban J connectivity index is 1.07. The van der Waals surface area contributed by atoms with Crippen LogP contribution < -0.4 is 0 Å². The van der Waals surface area contributed by atoms with E-state index < -0.39 is 12.1 Å². The Hall–Kier alpha value is -2.11. The molecule has 3 fully saturated rings. The average molecular weight is 823 g/mol. The van der Waals surface area contributed by atoms with Crippen LogP contribution in [0.2, 0.25) is 0 Å². The summed E-state index contributed by atoms with van der Waals surface area (Å²) in [5, 5.41) is 0. The van der Waals surface area contributed by atoms with Gasteiger partial charge in [0.15, 0.2) is 0 Å². The molecule has 0 saturated heterocycles. The zero-order valence-corrected chi connectivity index (χ0v) is 39.3. The number of ether oxygens (including phenoxy) is 3. The lowest BCUT2D eigenvalue weighted by Crippen LogP contribution is -2.51. The quantitative estimate of drug-likeness (QED) is 0.0338. The van der Waals surface area contributed by atoms with Crippen LogP contribution in [0.5, 0.6) is 0 Å². The van der Waals surface area contributed by atoms with Gasteiger partial charge >= 0.3 is 17.9 Å². The molecule has 9 atom stereocenters. The van der Waals surface area contributed by atoms with Crippen molar-refractivity contribution in [3.63, 3.8) is 0 Å². The van der Waals surface area contributed by atoms with E-state index in [9.17, 15) is 14.4 Å². The van der Waals surface area contributed by atoms with E-state index in [0.717, 1.165) is 80.5 Å². The molecule has 0 amide bonds. The summed E-state index contributed by atoms with van der Waals surface area (Å²) >= 11 is 0. The van der Waals surface area contributed by atoms with Crippen molar-refractivity contribution in [2.75, 3.05) is 6.61 Å². The van der Waals surface area contributed by atoms with E-state index >= 15 is 0 Å². The molecule has 4 aliphatic carbocycles. The summed E-state index contributed by atoms with van der Waals surface area (Å²) in [4.78, 5) is 38.0. The number of fused-ring (bicyclic) bond motifs is 5. The Labute approximate surface area is 362 Å². The molecule has 4 rings (SSSR count).